The minimum Gasteiger partial charge on any atom is -0.453 e. The van der Waals surface area contributed by atoms with Gasteiger partial charge in [-0.05, 0) is 72.7 Å². The van der Waals surface area contributed by atoms with Crippen LogP contribution in [0, 0.1) is 11.6 Å². The molecule has 3 atom stereocenters. The van der Waals surface area contributed by atoms with Crippen LogP contribution >= 0.6 is 11.6 Å². The predicted octanol–water partition coefficient (Wildman–Crippen LogP) is 4.81. The zero-order valence-electron chi connectivity index (χ0n) is 26.2. The molecule has 2 aliphatic rings. The standard InChI is InChI=1S/C34H38ClF2N5O5/c1-21(43)42-13-10-34(11-14-42)20-39-18-28(47-34)8-5-22-9-12-38-19-29(22)40-32(44)31(41-33(45)46-2)30(23-3-6-25(35)7-4-23)24-15-26(36)17-27(37)16-24/h3-4,6-7,9,12,15-17,19,28,30-31,39H,5,8,10-11,13-14,18,20H2,1-2H3,(H,40,44)(H,41,45)/t28-,30+,31+/m1/s1. The highest BCUT2D eigenvalue weighted by Gasteiger charge is 2.40. The SMILES string of the molecule is COC(=O)N[C@H](C(=O)Nc1cnccc1CC[C@@H]1CNCC2(CCN(C(C)=O)CC2)O1)[C@@H](c1ccc(Cl)cc1)c1cc(F)cc(F)c1. The molecule has 3 N–H and O–H groups in total. The van der Waals surface area contributed by atoms with Crippen molar-refractivity contribution in [3.8, 4) is 0 Å². The number of nitrogens with one attached hydrogen (secondary N) is 3. The number of ether oxygens (including phenoxy) is 2. The molecule has 250 valence electrons. The Hall–Kier alpha value is -4.13. The summed E-state index contributed by atoms with van der Waals surface area (Å²) < 4.78 is 40.3. The quantitative estimate of drug-likeness (QED) is 0.299. The number of halogens is 3. The zero-order chi connectivity index (χ0) is 33.6. The maximum atomic E-state index is 14.5. The van der Waals surface area contributed by atoms with Crippen LogP contribution in [0.5, 0.6) is 0 Å². The fourth-order valence-electron chi connectivity index (χ4n) is 6.35. The van der Waals surface area contributed by atoms with Crippen LogP contribution in [0.25, 0.3) is 0 Å². The number of likely N-dealkylation sites (tertiary alicyclic amines) is 1. The number of piperidine rings is 1. The Morgan fingerprint density at radius 1 is 1.11 bits per heavy atom. The third-order valence-electron chi connectivity index (χ3n) is 8.81. The van der Waals surface area contributed by atoms with E-state index in [0.29, 0.717) is 48.7 Å². The second-order valence-corrected chi connectivity index (χ2v) is 12.4. The molecule has 0 bridgehead atoms. The van der Waals surface area contributed by atoms with Gasteiger partial charge in [0, 0.05) is 56.3 Å². The van der Waals surface area contributed by atoms with Crippen molar-refractivity contribution < 1.29 is 32.6 Å². The number of aromatic nitrogens is 1. The summed E-state index contributed by atoms with van der Waals surface area (Å²) in [6.45, 7) is 4.29. The molecule has 3 aromatic rings. The third-order valence-corrected chi connectivity index (χ3v) is 9.06. The number of carbonyl (C=O) groups is 3. The highest BCUT2D eigenvalue weighted by molar-refractivity contribution is 6.30. The van der Waals surface area contributed by atoms with E-state index < -0.39 is 35.6 Å². The highest BCUT2D eigenvalue weighted by Crippen LogP contribution is 2.33. The second kappa shape index (κ2) is 15.2. The maximum Gasteiger partial charge on any atom is 0.407 e. The first kappa shape index (κ1) is 34.2. The number of rotatable bonds is 9. The number of anilines is 1. The minimum atomic E-state index is -1.36. The number of aryl methyl sites for hydroxylation is 1. The van der Waals surface area contributed by atoms with Gasteiger partial charge >= 0.3 is 6.09 Å². The molecule has 2 saturated heterocycles. The Kier molecular flexibility index (Phi) is 11.1. The Morgan fingerprint density at radius 2 is 1.81 bits per heavy atom. The number of alkyl carbamates (subject to hydrolysis) is 1. The van der Waals surface area contributed by atoms with Gasteiger partial charge in [0.15, 0.2) is 0 Å². The van der Waals surface area contributed by atoms with Gasteiger partial charge in [-0.2, -0.15) is 0 Å². The van der Waals surface area contributed by atoms with Crippen LogP contribution < -0.4 is 16.0 Å². The van der Waals surface area contributed by atoms with Crippen LogP contribution in [-0.2, 0) is 25.5 Å². The first-order chi connectivity index (χ1) is 22.6. The lowest BCUT2D eigenvalue weighted by Gasteiger charge is -2.46. The number of hydrogen-bond donors (Lipinski definition) is 3. The average Bonchev–Trinajstić information content (AvgIpc) is 3.04. The van der Waals surface area contributed by atoms with E-state index in [2.05, 4.69) is 20.9 Å². The summed E-state index contributed by atoms with van der Waals surface area (Å²) in [4.78, 5) is 44.4. The van der Waals surface area contributed by atoms with Crippen molar-refractivity contribution in [2.45, 2.75) is 56.3 Å². The van der Waals surface area contributed by atoms with Gasteiger partial charge in [-0.1, -0.05) is 23.7 Å². The van der Waals surface area contributed by atoms with E-state index in [1.54, 1.807) is 43.5 Å². The fourth-order valence-corrected chi connectivity index (χ4v) is 6.48. The molecule has 2 aliphatic heterocycles. The molecule has 47 heavy (non-hydrogen) atoms. The lowest BCUT2D eigenvalue weighted by molar-refractivity contribution is -0.153. The van der Waals surface area contributed by atoms with Crippen molar-refractivity contribution in [3.05, 3.63) is 94.3 Å². The Labute approximate surface area is 277 Å². The third kappa shape index (κ3) is 8.62. The van der Waals surface area contributed by atoms with Crippen LogP contribution in [-0.4, -0.2) is 78.8 Å². The summed E-state index contributed by atoms with van der Waals surface area (Å²) >= 11 is 6.11. The van der Waals surface area contributed by atoms with E-state index in [1.807, 2.05) is 4.90 Å². The molecule has 1 spiro atoms. The van der Waals surface area contributed by atoms with E-state index in [9.17, 15) is 23.2 Å². The van der Waals surface area contributed by atoms with Crippen molar-refractivity contribution in [1.82, 2.24) is 20.5 Å². The van der Waals surface area contributed by atoms with Crippen LogP contribution in [0.15, 0.2) is 60.9 Å². The number of morpholine rings is 1. The summed E-state index contributed by atoms with van der Waals surface area (Å²) in [6.07, 6.45) is 4.85. The molecule has 10 nitrogen and oxygen atoms in total. The van der Waals surface area contributed by atoms with Crippen LogP contribution in [0.2, 0.25) is 5.02 Å². The smallest absolute Gasteiger partial charge is 0.407 e. The Balaban J connectivity index is 1.36. The Morgan fingerprint density at radius 3 is 2.47 bits per heavy atom. The molecule has 3 heterocycles. The number of benzene rings is 2. The van der Waals surface area contributed by atoms with E-state index in [1.165, 1.54) is 6.20 Å². The predicted molar refractivity (Wildman–Crippen MR) is 172 cm³/mol. The number of methoxy groups -OCH3 is 1. The van der Waals surface area contributed by atoms with Gasteiger partial charge in [-0.3, -0.25) is 14.6 Å². The molecule has 0 unspecified atom stereocenters. The van der Waals surface area contributed by atoms with E-state index in [4.69, 9.17) is 21.1 Å². The zero-order valence-corrected chi connectivity index (χ0v) is 27.0. The average molecular weight is 670 g/mol. The summed E-state index contributed by atoms with van der Waals surface area (Å²) in [7, 11) is 1.15. The number of amides is 3. The van der Waals surface area contributed by atoms with Crippen molar-refractivity contribution in [2.75, 3.05) is 38.6 Å². The van der Waals surface area contributed by atoms with Gasteiger partial charge in [0.05, 0.1) is 30.7 Å². The molecule has 0 saturated carbocycles. The second-order valence-electron chi connectivity index (χ2n) is 12.0. The molecule has 5 rings (SSSR count). The Bertz CT molecular complexity index is 1570. The summed E-state index contributed by atoms with van der Waals surface area (Å²) in [5, 5.41) is 9.35. The summed E-state index contributed by atoms with van der Waals surface area (Å²) in [5.74, 6) is -3.28. The maximum absolute atomic E-state index is 14.5. The van der Waals surface area contributed by atoms with Crippen LogP contribution in [0.1, 0.15) is 48.8 Å². The van der Waals surface area contributed by atoms with E-state index in [-0.39, 0.29) is 23.2 Å². The largest absolute Gasteiger partial charge is 0.453 e. The molecule has 2 aromatic carbocycles. The van der Waals surface area contributed by atoms with Gasteiger partial charge < -0.3 is 30.3 Å². The molecule has 0 aliphatic carbocycles. The monoisotopic (exact) mass is 669 g/mol. The van der Waals surface area contributed by atoms with Gasteiger partial charge in [-0.15, -0.1) is 0 Å². The van der Waals surface area contributed by atoms with E-state index in [0.717, 1.165) is 50.3 Å². The van der Waals surface area contributed by atoms with Gasteiger partial charge in [0.25, 0.3) is 0 Å². The van der Waals surface area contributed by atoms with Crippen LogP contribution in [0.3, 0.4) is 0 Å². The lowest BCUT2D eigenvalue weighted by Crippen LogP contribution is -2.58. The molecule has 1 aromatic heterocycles. The summed E-state index contributed by atoms with van der Waals surface area (Å²) in [6, 6.07) is 9.83. The van der Waals surface area contributed by atoms with Gasteiger partial charge in [-0.25, -0.2) is 13.6 Å². The van der Waals surface area contributed by atoms with Crippen molar-refractivity contribution in [2.24, 2.45) is 0 Å². The molecule has 13 heteroatoms. The highest BCUT2D eigenvalue weighted by atomic mass is 35.5. The van der Waals surface area contributed by atoms with Crippen molar-refractivity contribution >= 4 is 35.2 Å². The van der Waals surface area contributed by atoms with E-state index >= 15 is 0 Å². The number of hydrogen-bond acceptors (Lipinski definition) is 7. The molecule has 2 fully saturated rings. The first-order valence-corrected chi connectivity index (χ1v) is 15.9. The number of carbonyl (C=O) groups excluding carboxylic acids is 3. The number of pyridine rings is 1. The van der Waals surface area contributed by atoms with Gasteiger partial charge in [0.2, 0.25) is 11.8 Å². The van der Waals surface area contributed by atoms with Crippen molar-refractivity contribution in [3.63, 3.8) is 0 Å². The van der Waals surface area contributed by atoms with Gasteiger partial charge in [0.1, 0.15) is 17.7 Å². The molecular weight excluding hydrogens is 632 g/mol. The lowest BCUT2D eigenvalue weighted by atomic mass is 9.84. The minimum absolute atomic E-state index is 0.0686. The number of nitrogens with zero attached hydrogens (tertiary/aromatic N) is 2. The molecule has 0 radical (unpaired) electrons. The topological polar surface area (TPSA) is 122 Å². The summed E-state index contributed by atoms with van der Waals surface area (Å²) in [5.41, 5.74) is 1.48. The molecule has 3 amide bonds. The molecular formula is C34H38ClF2N5O5. The van der Waals surface area contributed by atoms with Crippen molar-refractivity contribution in [1.29, 1.82) is 0 Å². The normalized spacial score (nSPS) is 18.7. The first-order valence-electron chi connectivity index (χ1n) is 15.5. The fraction of sp³-hybridized carbons (Fsp3) is 0.412. The van der Waals surface area contributed by atoms with Crippen LogP contribution in [0.4, 0.5) is 19.3 Å².